The fourth-order valence-corrected chi connectivity index (χ4v) is 2.43. The van der Waals surface area contributed by atoms with Crippen molar-refractivity contribution in [2.75, 3.05) is 26.8 Å². The first-order valence-electron chi connectivity index (χ1n) is 8.05. The molecule has 0 fully saturated rings. The number of halogens is 2. The summed E-state index contributed by atoms with van der Waals surface area (Å²) in [5, 5.41) is 0.414. The lowest BCUT2D eigenvalue weighted by atomic mass is 10.2. The largest absolute Gasteiger partial charge is 0.459 e. The van der Waals surface area contributed by atoms with E-state index in [1.165, 1.54) is 4.90 Å². The normalized spacial score (nSPS) is 11.2. The van der Waals surface area contributed by atoms with Crippen LogP contribution in [0.2, 0.25) is 10.3 Å². The topological polar surface area (TPSA) is 78.0 Å². The Kier molecular flexibility index (Phi) is 9.12. The van der Waals surface area contributed by atoms with Crippen molar-refractivity contribution in [3.05, 3.63) is 28.0 Å². The van der Waals surface area contributed by atoms with Crippen molar-refractivity contribution in [1.29, 1.82) is 0 Å². The minimum absolute atomic E-state index is 0.0268. The fourth-order valence-electron chi connectivity index (χ4n) is 1.92. The number of carbonyl (C=O) groups is 2. The van der Waals surface area contributed by atoms with E-state index in [2.05, 4.69) is 4.98 Å². The molecule has 0 N–H and O–H groups in total. The molecule has 0 aliphatic rings. The van der Waals surface area contributed by atoms with Gasteiger partial charge in [0.25, 0.3) is 0 Å². The monoisotopic (exact) mass is 406 g/mol. The molecule has 0 spiro atoms. The zero-order chi connectivity index (χ0) is 19.7. The Morgan fingerprint density at radius 3 is 2.35 bits per heavy atom. The number of nitrogens with zero attached hydrogens (tertiary/aromatic N) is 2. The Labute approximate surface area is 163 Å². The summed E-state index contributed by atoms with van der Waals surface area (Å²) in [6.07, 6.45) is -0.0148. The number of amides is 1. The van der Waals surface area contributed by atoms with Crippen LogP contribution in [0.4, 0.5) is 4.79 Å². The van der Waals surface area contributed by atoms with E-state index >= 15 is 0 Å². The highest BCUT2D eigenvalue weighted by Crippen LogP contribution is 2.15. The number of esters is 1. The zero-order valence-corrected chi connectivity index (χ0v) is 16.9. The third kappa shape index (κ3) is 9.22. The number of hydrogen-bond donors (Lipinski definition) is 0. The standard InChI is InChI=1S/C17H24Cl2N2O5/c1-17(2,3)26-16(23)21(6-5-7-24-4)10-15(22)25-11-12-8-13(18)20-14(19)9-12/h8-9H,5-7,10-11H2,1-4H3. The van der Waals surface area contributed by atoms with Gasteiger partial charge in [-0.05, 0) is 44.9 Å². The van der Waals surface area contributed by atoms with Gasteiger partial charge in [0.15, 0.2) is 0 Å². The molecule has 1 rings (SSSR count). The van der Waals surface area contributed by atoms with Crippen LogP contribution in [-0.2, 0) is 25.6 Å². The average Bonchev–Trinajstić information content (AvgIpc) is 2.49. The van der Waals surface area contributed by atoms with Gasteiger partial charge in [0.05, 0.1) is 0 Å². The van der Waals surface area contributed by atoms with E-state index in [0.29, 0.717) is 25.1 Å². The Bertz CT molecular complexity index is 599. The van der Waals surface area contributed by atoms with Crippen molar-refractivity contribution in [3.63, 3.8) is 0 Å². The van der Waals surface area contributed by atoms with Gasteiger partial charge in [-0.15, -0.1) is 0 Å². The van der Waals surface area contributed by atoms with E-state index in [0.717, 1.165) is 0 Å². The maximum atomic E-state index is 12.3. The Morgan fingerprint density at radius 2 is 1.81 bits per heavy atom. The lowest BCUT2D eigenvalue weighted by molar-refractivity contribution is -0.146. The average molecular weight is 407 g/mol. The number of hydrogen-bond acceptors (Lipinski definition) is 6. The molecule has 0 unspecified atom stereocenters. The first kappa shape index (κ1) is 22.5. The number of ether oxygens (including phenoxy) is 3. The third-order valence-corrected chi connectivity index (χ3v) is 3.36. The third-order valence-electron chi connectivity index (χ3n) is 2.97. The van der Waals surface area contributed by atoms with Gasteiger partial charge in [-0.2, -0.15) is 0 Å². The second-order valence-electron chi connectivity index (χ2n) is 6.53. The second-order valence-corrected chi connectivity index (χ2v) is 7.30. The predicted octanol–water partition coefficient (Wildman–Crippen LogP) is 3.71. The second kappa shape index (κ2) is 10.5. The van der Waals surface area contributed by atoms with Crippen molar-refractivity contribution >= 4 is 35.3 Å². The smallest absolute Gasteiger partial charge is 0.410 e. The maximum Gasteiger partial charge on any atom is 0.410 e. The van der Waals surface area contributed by atoms with Crippen LogP contribution in [-0.4, -0.2) is 54.4 Å². The molecule has 1 heterocycles. The summed E-state index contributed by atoms with van der Waals surface area (Å²) < 4.78 is 15.5. The van der Waals surface area contributed by atoms with Crippen LogP contribution in [0.25, 0.3) is 0 Å². The van der Waals surface area contributed by atoms with Crippen LogP contribution in [0.5, 0.6) is 0 Å². The first-order valence-corrected chi connectivity index (χ1v) is 8.81. The van der Waals surface area contributed by atoms with Crippen molar-refractivity contribution < 1.29 is 23.8 Å². The molecular formula is C17H24Cl2N2O5. The highest BCUT2D eigenvalue weighted by Gasteiger charge is 2.24. The Morgan fingerprint density at radius 1 is 1.19 bits per heavy atom. The van der Waals surface area contributed by atoms with Crippen LogP contribution < -0.4 is 0 Å². The van der Waals surface area contributed by atoms with Gasteiger partial charge in [0.2, 0.25) is 0 Å². The Balaban J connectivity index is 2.63. The van der Waals surface area contributed by atoms with Crippen molar-refractivity contribution in [2.24, 2.45) is 0 Å². The fraction of sp³-hybridized carbons (Fsp3) is 0.588. The van der Waals surface area contributed by atoms with Gasteiger partial charge in [0, 0.05) is 20.3 Å². The van der Waals surface area contributed by atoms with Crippen LogP contribution in [0.15, 0.2) is 12.1 Å². The molecular weight excluding hydrogens is 383 g/mol. The predicted molar refractivity (Wildman–Crippen MR) is 98.4 cm³/mol. The summed E-state index contributed by atoms with van der Waals surface area (Å²) in [5.74, 6) is -0.572. The van der Waals surface area contributed by atoms with Gasteiger partial charge in [-0.25, -0.2) is 9.78 Å². The molecule has 0 atom stereocenters. The number of methoxy groups -OCH3 is 1. The van der Waals surface area contributed by atoms with E-state index in [1.54, 1.807) is 40.0 Å². The molecule has 26 heavy (non-hydrogen) atoms. The lowest BCUT2D eigenvalue weighted by Crippen LogP contribution is -2.41. The van der Waals surface area contributed by atoms with E-state index in [-0.39, 0.29) is 23.5 Å². The minimum Gasteiger partial charge on any atom is -0.459 e. The number of aromatic nitrogens is 1. The molecule has 0 aliphatic heterocycles. The van der Waals surface area contributed by atoms with Crippen LogP contribution in [0.3, 0.4) is 0 Å². The highest BCUT2D eigenvalue weighted by atomic mass is 35.5. The molecule has 0 aliphatic carbocycles. The maximum absolute atomic E-state index is 12.3. The quantitative estimate of drug-likeness (QED) is 0.372. The van der Waals surface area contributed by atoms with E-state index in [9.17, 15) is 9.59 Å². The molecule has 7 nitrogen and oxygen atoms in total. The van der Waals surface area contributed by atoms with Gasteiger partial charge in [0.1, 0.15) is 29.1 Å². The molecule has 1 aromatic rings. The van der Waals surface area contributed by atoms with E-state index < -0.39 is 17.7 Å². The van der Waals surface area contributed by atoms with Crippen molar-refractivity contribution in [3.8, 4) is 0 Å². The van der Waals surface area contributed by atoms with Crippen LogP contribution >= 0.6 is 23.2 Å². The summed E-state index contributed by atoms with van der Waals surface area (Å²) in [5.41, 5.74) is -0.0584. The Hall–Kier alpha value is -1.57. The molecule has 146 valence electrons. The van der Waals surface area contributed by atoms with E-state index in [1.807, 2.05) is 0 Å². The minimum atomic E-state index is -0.662. The van der Waals surface area contributed by atoms with Crippen LogP contribution in [0, 0.1) is 0 Å². The molecule has 0 bridgehead atoms. The van der Waals surface area contributed by atoms with E-state index in [4.69, 9.17) is 37.4 Å². The van der Waals surface area contributed by atoms with Gasteiger partial charge in [-0.1, -0.05) is 23.2 Å². The summed E-state index contributed by atoms with van der Waals surface area (Å²) in [6, 6.07) is 3.09. The van der Waals surface area contributed by atoms with Crippen molar-refractivity contribution in [1.82, 2.24) is 9.88 Å². The summed E-state index contributed by atoms with van der Waals surface area (Å²) in [6.45, 7) is 5.79. The number of carbonyl (C=O) groups excluding carboxylic acids is 2. The van der Waals surface area contributed by atoms with Gasteiger partial charge in [-0.3, -0.25) is 9.69 Å². The van der Waals surface area contributed by atoms with Crippen molar-refractivity contribution in [2.45, 2.75) is 39.4 Å². The van der Waals surface area contributed by atoms with Gasteiger partial charge >= 0.3 is 12.1 Å². The SMILES string of the molecule is COCCCN(CC(=O)OCc1cc(Cl)nc(Cl)c1)C(=O)OC(C)(C)C. The lowest BCUT2D eigenvalue weighted by Gasteiger charge is -2.26. The molecule has 1 amide bonds. The van der Waals surface area contributed by atoms with Crippen LogP contribution in [0.1, 0.15) is 32.8 Å². The molecule has 0 saturated carbocycles. The molecule has 9 heteroatoms. The molecule has 1 aromatic heterocycles. The number of rotatable bonds is 8. The van der Waals surface area contributed by atoms with Gasteiger partial charge < -0.3 is 14.2 Å². The zero-order valence-electron chi connectivity index (χ0n) is 15.4. The summed E-state index contributed by atoms with van der Waals surface area (Å²) in [7, 11) is 1.57. The highest BCUT2D eigenvalue weighted by molar-refractivity contribution is 6.32. The molecule has 0 aromatic carbocycles. The molecule has 0 radical (unpaired) electrons. The first-order chi connectivity index (χ1) is 12.1. The summed E-state index contributed by atoms with van der Waals surface area (Å²) >= 11 is 11.6. The number of pyridine rings is 1. The summed E-state index contributed by atoms with van der Waals surface area (Å²) in [4.78, 5) is 29.5. The molecule has 0 saturated heterocycles.